The Morgan fingerprint density at radius 3 is 1.14 bits per heavy atom. The van der Waals surface area contributed by atoms with Crippen LogP contribution >= 0.6 is 0 Å². The Kier molecular flexibility index (Phi) is 16.8. The molecule has 0 bridgehead atoms. The Balaban J connectivity index is 0.000000291. The van der Waals surface area contributed by atoms with Gasteiger partial charge in [-0.3, -0.25) is 44.4 Å². The van der Waals surface area contributed by atoms with E-state index in [0.717, 1.165) is 0 Å². The minimum absolute atomic E-state index is 0.0190. The second-order valence-electron chi connectivity index (χ2n) is 14.6. The maximum absolute atomic E-state index is 12.8. The molecule has 0 saturated carbocycles. The second kappa shape index (κ2) is 22.3. The minimum Gasteiger partial charge on any atom is -0.388 e. The number of aromatic nitrogens is 5. The SMILES string of the molecule is Cn1cc(NC(=O)c2cc(NC(=O)CN=C(N)N)cn2C)cc1C(=O)NCCC(=N)N.Cn1cc(NC(=O)c2cc(NC(=O)c3cc(NC=O)cn3C)cn2C)cc1C(=O)NCCC(=N)N. The number of amides is 7. The lowest BCUT2D eigenvalue weighted by Gasteiger charge is -2.04. The molecular weight excluding hydrogens is 859 g/mol. The number of nitrogens with zero attached hydrogens (tertiary/aromatic N) is 6. The zero-order chi connectivity index (χ0) is 48.8. The standard InChI is InChI=1S/C22H27N9O4.C18H26N10O3/c1-29-9-13(26-12-32)6-17(29)21(34)28-15-8-18(31(3)11-15)22(35)27-14-7-16(30(2)10-14)20(33)25-5-4-19(23)24;1-27-9-11(6-12(27)16(30)23-4-3-14(19)20)26-17(31)13-5-10(8-28(13)2)25-15(29)7-24-18(21)22/h6-12H,4-5H2,1-3H3,(H3,23,24)(H,25,33)(H,26,32)(H,27,35)(H,28,34);5-6,8-9H,3-4,7H2,1-2H3,(H3,19,20)(H,23,30)(H,25,29)(H,26,31)(H4,21,22,24). The van der Waals surface area contributed by atoms with E-state index in [2.05, 4.69) is 42.2 Å². The molecule has 5 aromatic rings. The van der Waals surface area contributed by atoms with Crippen molar-refractivity contribution in [1.29, 1.82) is 10.8 Å². The van der Waals surface area contributed by atoms with Crippen LogP contribution in [0.15, 0.2) is 66.3 Å². The first kappa shape index (κ1) is 49.6. The van der Waals surface area contributed by atoms with Crippen molar-refractivity contribution >= 4 is 87.9 Å². The van der Waals surface area contributed by atoms with Crippen LogP contribution in [-0.4, -0.2) is 102 Å². The van der Waals surface area contributed by atoms with Gasteiger partial charge in [0.2, 0.25) is 12.3 Å². The van der Waals surface area contributed by atoms with Crippen molar-refractivity contribution in [3.05, 3.63) is 89.8 Å². The van der Waals surface area contributed by atoms with Crippen LogP contribution in [0.4, 0.5) is 28.4 Å². The number of guanidine groups is 1. The topological polar surface area (TPSA) is 392 Å². The number of nitrogens with two attached hydrogens (primary N) is 4. The molecule has 0 aliphatic carbocycles. The first-order valence-electron chi connectivity index (χ1n) is 19.7. The lowest BCUT2D eigenvalue weighted by molar-refractivity contribution is -0.114. The molecule has 350 valence electrons. The predicted octanol–water partition coefficient (Wildman–Crippen LogP) is -0.285. The Labute approximate surface area is 377 Å². The maximum atomic E-state index is 12.8. The molecule has 0 unspecified atom stereocenters. The third-order valence-corrected chi connectivity index (χ3v) is 9.24. The van der Waals surface area contributed by atoms with Crippen molar-refractivity contribution < 1.29 is 33.6 Å². The number of aliphatic imine (C=N–C) groups is 1. The monoisotopic (exact) mass is 911 g/mol. The molecule has 5 aromatic heterocycles. The molecule has 5 rings (SSSR count). The van der Waals surface area contributed by atoms with E-state index in [1.165, 1.54) is 30.3 Å². The Bertz CT molecular complexity index is 2690. The highest BCUT2D eigenvalue weighted by Gasteiger charge is 2.20. The smallest absolute Gasteiger partial charge is 0.272 e. The van der Waals surface area contributed by atoms with E-state index < -0.39 is 23.6 Å². The number of amidine groups is 2. The molecular formula is C40H53N19O7. The molecule has 0 radical (unpaired) electrons. The van der Waals surface area contributed by atoms with Gasteiger partial charge in [0.1, 0.15) is 35.0 Å². The zero-order valence-electron chi connectivity index (χ0n) is 36.7. The van der Waals surface area contributed by atoms with Gasteiger partial charge in [-0.2, -0.15) is 0 Å². The van der Waals surface area contributed by atoms with Crippen LogP contribution < -0.4 is 60.2 Å². The van der Waals surface area contributed by atoms with Crippen molar-refractivity contribution in [3.8, 4) is 0 Å². The van der Waals surface area contributed by atoms with E-state index in [1.807, 2.05) is 0 Å². The van der Waals surface area contributed by atoms with Gasteiger partial charge < -0.3 is 83.0 Å². The molecule has 5 heterocycles. The van der Waals surface area contributed by atoms with E-state index in [-0.39, 0.29) is 73.3 Å². The van der Waals surface area contributed by atoms with E-state index in [4.69, 9.17) is 33.8 Å². The largest absolute Gasteiger partial charge is 0.388 e. The fraction of sp³-hybridized carbons (Fsp3) is 0.250. The van der Waals surface area contributed by atoms with Crippen molar-refractivity contribution in [2.24, 2.45) is 63.2 Å². The van der Waals surface area contributed by atoms with Gasteiger partial charge in [-0.25, -0.2) is 4.99 Å². The first-order valence-corrected chi connectivity index (χ1v) is 19.7. The Hall–Kier alpha value is -9.10. The van der Waals surface area contributed by atoms with Gasteiger partial charge in [0.05, 0.1) is 40.1 Å². The lowest BCUT2D eigenvalue weighted by atomic mass is 10.3. The molecule has 66 heavy (non-hydrogen) atoms. The number of nitrogens with one attached hydrogen (secondary N) is 9. The van der Waals surface area contributed by atoms with Gasteiger partial charge in [-0.05, 0) is 30.3 Å². The average molecular weight is 912 g/mol. The second-order valence-corrected chi connectivity index (χ2v) is 14.6. The van der Waals surface area contributed by atoms with E-state index >= 15 is 0 Å². The van der Waals surface area contributed by atoms with Gasteiger partial charge in [-0.1, -0.05) is 0 Å². The lowest BCUT2D eigenvalue weighted by Crippen LogP contribution is -2.28. The van der Waals surface area contributed by atoms with Gasteiger partial charge in [-0.15, -0.1) is 0 Å². The number of carbonyl (C=O) groups excluding carboxylic acids is 7. The fourth-order valence-electron chi connectivity index (χ4n) is 6.12. The van der Waals surface area contributed by atoms with Crippen LogP contribution in [0.5, 0.6) is 0 Å². The number of aryl methyl sites for hydroxylation is 5. The van der Waals surface area contributed by atoms with Gasteiger partial charge in [0.15, 0.2) is 5.96 Å². The predicted molar refractivity (Wildman–Crippen MR) is 248 cm³/mol. The van der Waals surface area contributed by atoms with Crippen LogP contribution in [0.25, 0.3) is 0 Å². The number of hydrogen-bond acceptors (Lipinski definition) is 10. The summed E-state index contributed by atoms with van der Waals surface area (Å²) in [5.41, 5.74) is 24.6. The summed E-state index contributed by atoms with van der Waals surface area (Å²) in [6.45, 7) is 0.235. The molecule has 26 heteroatoms. The summed E-state index contributed by atoms with van der Waals surface area (Å²) in [6.07, 6.45) is 8.98. The number of anilines is 5. The van der Waals surface area contributed by atoms with E-state index in [0.29, 0.717) is 51.9 Å². The molecule has 0 atom stereocenters. The normalized spacial score (nSPS) is 10.4. The van der Waals surface area contributed by atoms with Crippen molar-refractivity contribution in [3.63, 3.8) is 0 Å². The minimum atomic E-state index is -0.436. The number of carbonyl (C=O) groups is 7. The molecule has 0 fully saturated rings. The van der Waals surface area contributed by atoms with Gasteiger partial charge in [0, 0.05) is 92.2 Å². The highest BCUT2D eigenvalue weighted by molar-refractivity contribution is 6.08. The summed E-state index contributed by atoms with van der Waals surface area (Å²) in [6, 6.07) is 7.62. The molecule has 0 aromatic carbocycles. The van der Waals surface area contributed by atoms with Crippen molar-refractivity contribution in [1.82, 2.24) is 33.5 Å². The summed E-state index contributed by atoms with van der Waals surface area (Å²) in [7, 11) is 8.33. The summed E-state index contributed by atoms with van der Waals surface area (Å²) >= 11 is 0. The third kappa shape index (κ3) is 14.0. The van der Waals surface area contributed by atoms with Gasteiger partial charge >= 0.3 is 0 Å². The molecule has 7 amide bonds. The number of hydrogen-bond donors (Lipinski definition) is 13. The Morgan fingerprint density at radius 1 is 0.515 bits per heavy atom. The van der Waals surface area contributed by atoms with Gasteiger partial charge in [0.25, 0.3) is 29.5 Å². The summed E-state index contributed by atoms with van der Waals surface area (Å²) in [5.74, 6) is -2.65. The Morgan fingerprint density at radius 2 is 0.818 bits per heavy atom. The zero-order valence-corrected chi connectivity index (χ0v) is 36.7. The highest BCUT2D eigenvalue weighted by Crippen LogP contribution is 2.20. The summed E-state index contributed by atoms with van der Waals surface area (Å²) < 4.78 is 7.82. The molecule has 17 N–H and O–H groups in total. The molecule has 0 saturated heterocycles. The third-order valence-electron chi connectivity index (χ3n) is 9.24. The van der Waals surface area contributed by atoms with Crippen molar-refractivity contribution in [2.75, 3.05) is 46.2 Å². The van der Waals surface area contributed by atoms with Crippen LogP contribution in [0.3, 0.4) is 0 Å². The summed E-state index contributed by atoms with van der Waals surface area (Å²) in [4.78, 5) is 88.7. The van der Waals surface area contributed by atoms with Crippen molar-refractivity contribution in [2.45, 2.75) is 12.8 Å². The molecule has 0 spiro atoms. The van der Waals surface area contributed by atoms with E-state index in [9.17, 15) is 33.6 Å². The average Bonchev–Trinajstić information content (AvgIpc) is 4.05. The van der Waals surface area contributed by atoms with Crippen LogP contribution in [-0.2, 0) is 44.8 Å². The van der Waals surface area contributed by atoms with Crippen LogP contribution in [0, 0.1) is 10.8 Å². The molecule has 0 aliphatic rings. The quantitative estimate of drug-likeness (QED) is 0.0290. The highest BCUT2D eigenvalue weighted by atomic mass is 16.2. The first-order chi connectivity index (χ1) is 31.1. The molecule has 26 nitrogen and oxygen atoms in total. The fourth-order valence-corrected chi connectivity index (χ4v) is 6.12. The number of rotatable bonds is 19. The molecule has 0 aliphatic heterocycles. The summed E-state index contributed by atoms with van der Waals surface area (Å²) in [5, 5.41) is 33.0. The van der Waals surface area contributed by atoms with Crippen LogP contribution in [0.2, 0.25) is 0 Å². The van der Waals surface area contributed by atoms with E-state index in [1.54, 1.807) is 89.1 Å². The van der Waals surface area contributed by atoms with Crippen LogP contribution in [0.1, 0.15) is 65.3 Å². The maximum Gasteiger partial charge on any atom is 0.272 e.